The number of halogens is 1. The molecule has 0 aromatic heterocycles. The first kappa shape index (κ1) is 27.5. The standard InChI is InChI=1S/C29H30ClN3O4S/c1-3-20(2)27-29(35)33(17-16-26(34)32-38(36,37)19-21-10-6-4-7-11-21)25-15-14-23(30)18-24(25)28(31-27)22-12-8-5-9-13-22/h4-15,18,20,27H,3,16-17,19H2,1-2H3,(H,32,34)/t20?,27-/m0/s1. The summed E-state index contributed by atoms with van der Waals surface area (Å²) >= 11 is 6.37. The Balaban J connectivity index is 1.63. The monoisotopic (exact) mass is 551 g/mol. The third kappa shape index (κ3) is 6.49. The molecule has 1 heterocycles. The number of carbonyl (C=O) groups is 2. The molecule has 0 aliphatic carbocycles. The van der Waals surface area contributed by atoms with Crippen LogP contribution < -0.4 is 9.62 Å². The van der Waals surface area contributed by atoms with Crippen molar-refractivity contribution in [3.63, 3.8) is 0 Å². The van der Waals surface area contributed by atoms with Gasteiger partial charge in [-0.1, -0.05) is 92.5 Å². The van der Waals surface area contributed by atoms with Gasteiger partial charge < -0.3 is 4.90 Å². The summed E-state index contributed by atoms with van der Waals surface area (Å²) in [5.41, 5.74) is 3.33. The molecule has 1 N–H and O–H groups in total. The first-order chi connectivity index (χ1) is 18.2. The summed E-state index contributed by atoms with van der Waals surface area (Å²) in [7, 11) is -3.89. The van der Waals surface area contributed by atoms with E-state index in [-0.39, 0.29) is 30.5 Å². The van der Waals surface area contributed by atoms with Gasteiger partial charge in [-0.25, -0.2) is 8.42 Å². The lowest BCUT2D eigenvalue weighted by atomic mass is 9.98. The lowest BCUT2D eigenvalue weighted by molar-refractivity contribution is -0.121. The number of hydrogen-bond acceptors (Lipinski definition) is 5. The zero-order valence-electron chi connectivity index (χ0n) is 21.3. The number of aliphatic imine (C=N–C) groups is 1. The maximum absolute atomic E-state index is 13.8. The minimum absolute atomic E-state index is 0.00925. The van der Waals surface area contributed by atoms with Crippen LogP contribution >= 0.6 is 11.6 Å². The highest BCUT2D eigenvalue weighted by Crippen LogP contribution is 2.33. The normalized spacial score (nSPS) is 16.3. The van der Waals surface area contributed by atoms with Crippen LogP contribution in [0.25, 0.3) is 0 Å². The minimum Gasteiger partial charge on any atom is -0.309 e. The van der Waals surface area contributed by atoms with Crippen LogP contribution in [0.3, 0.4) is 0 Å². The fourth-order valence-corrected chi connectivity index (χ4v) is 5.72. The summed E-state index contributed by atoms with van der Waals surface area (Å²) in [5, 5.41) is 0.492. The number of nitrogens with one attached hydrogen (secondary N) is 1. The van der Waals surface area contributed by atoms with Gasteiger partial charge in [0.25, 0.3) is 5.91 Å². The molecule has 0 spiro atoms. The first-order valence-electron chi connectivity index (χ1n) is 12.5. The predicted molar refractivity (Wildman–Crippen MR) is 151 cm³/mol. The third-order valence-electron chi connectivity index (χ3n) is 6.55. The van der Waals surface area contributed by atoms with E-state index in [9.17, 15) is 18.0 Å². The summed E-state index contributed by atoms with van der Waals surface area (Å²) in [6.45, 7) is 3.96. The van der Waals surface area contributed by atoms with Crippen LogP contribution in [0.1, 0.15) is 43.4 Å². The van der Waals surface area contributed by atoms with E-state index in [0.29, 0.717) is 27.5 Å². The van der Waals surface area contributed by atoms with E-state index >= 15 is 0 Å². The first-order valence-corrected chi connectivity index (χ1v) is 14.5. The highest BCUT2D eigenvalue weighted by molar-refractivity contribution is 7.89. The quantitative estimate of drug-likeness (QED) is 0.406. The highest BCUT2D eigenvalue weighted by Gasteiger charge is 2.35. The lowest BCUT2D eigenvalue weighted by Crippen LogP contribution is -2.43. The van der Waals surface area contributed by atoms with E-state index in [0.717, 1.165) is 12.0 Å². The van der Waals surface area contributed by atoms with Crippen LogP contribution in [0.5, 0.6) is 0 Å². The number of fused-ring (bicyclic) bond motifs is 1. The van der Waals surface area contributed by atoms with E-state index < -0.39 is 22.0 Å². The molecular formula is C29H30ClN3O4S. The topological polar surface area (TPSA) is 95.9 Å². The lowest BCUT2D eigenvalue weighted by Gasteiger charge is -2.27. The van der Waals surface area contributed by atoms with Gasteiger partial charge in [-0.15, -0.1) is 0 Å². The minimum atomic E-state index is -3.89. The average Bonchev–Trinajstić information content (AvgIpc) is 3.01. The molecule has 3 aromatic rings. The second-order valence-electron chi connectivity index (χ2n) is 9.35. The van der Waals surface area contributed by atoms with Gasteiger partial charge in [0.15, 0.2) is 0 Å². The Labute approximate surface area is 228 Å². The molecular weight excluding hydrogens is 522 g/mol. The molecule has 38 heavy (non-hydrogen) atoms. The zero-order chi connectivity index (χ0) is 27.3. The molecule has 1 unspecified atom stereocenters. The predicted octanol–water partition coefficient (Wildman–Crippen LogP) is 4.98. The highest BCUT2D eigenvalue weighted by atomic mass is 35.5. The number of hydrogen-bond donors (Lipinski definition) is 1. The van der Waals surface area contributed by atoms with E-state index in [1.165, 1.54) is 4.90 Å². The third-order valence-corrected chi connectivity index (χ3v) is 8.04. The Kier molecular flexibility index (Phi) is 8.64. The van der Waals surface area contributed by atoms with Crippen LogP contribution in [0.4, 0.5) is 5.69 Å². The maximum atomic E-state index is 13.8. The van der Waals surface area contributed by atoms with Crippen LogP contribution in [0.15, 0.2) is 83.9 Å². The van der Waals surface area contributed by atoms with Crippen LogP contribution in [0.2, 0.25) is 5.02 Å². The van der Waals surface area contributed by atoms with Crippen molar-refractivity contribution in [3.05, 3.63) is 101 Å². The van der Waals surface area contributed by atoms with Crippen molar-refractivity contribution in [2.45, 2.75) is 38.5 Å². The molecule has 1 aliphatic rings. The van der Waals surface area contributed by atoms with Gasteiger partial charge in [0.1, 0.15) is 6.04 Å². The fourth-order valence-electron chi connectivity index (χ4n) is 4.39. The second kappa shape index (κ2) is 11.9. The Bertz CT molecular complexity index is 1440. The Morgan fingerprint density at radius 2 is 1.71 bits per heavy atom. The molecule has 4 rings (SSSR count). The molecule has 0 saturated carbocycles. The van der Waals surface area contributed by atoms with Gasteiger partial charge in [-0.05, 0) is 29.7 Å². The number of sulfonamides is 1. The largest absolute Gasteiger partial charge is 0.309 e. The summed E-state index contributed by atoms with van der Waals surface area (Å²) in [6.07, 6.45) is 0.529. The van der Waals surface area contributed by atoms with Crippen molar-refractivity contribution in [2.24, 2.45) is 10.9 Å². The van der Waals surface area contributed by atoms with Gasteiger partial charge in [0, 0.05) is 29.1 Å². The zero-order valence-corrected chi connectivity index (χ0v) is 22.9. The molecule has 9 heteroatoms. The van der Waals surface area contributed by atoms with E-state index in [1.807, 2.05) is 44.2 Å². The molecule has 0 saturated heterocycles. The van der Waals surface area contributed by atoms with Gasteiger partial charge in [0.2, 0.25) is 15.9 Å². The van der Waals surface area contributed by atoms with Gasteiger partial charge >= 0.3 is 0 Å². The Hall–Kier alpha value is -3.49. The Morgan fingerprint density at radius 1 is 1.05 bits per heavy atom. The number of carbonyl (C=O) groups excluding carboxylic acids is 2. The van der Waals surface area contributed by atoms with E-state index in [4.69, 9.17) is 16.6 Å². The molecule has 0 radical (unpaired) electrons. The second-order valence-corrected chi connectivity index (χ2v) is 11.5. The molecule has 0 bridgehead atoms. The van der Waals surface area contributed by atoms with Crippen molar-refractivity contribution in [1.82, 2.24) is 4.72 Å². The number of benzene rings is 3. The van der Waals surface area contributed by atoms with Crippen molar-refractivity contribution >= 4 is 44.8 Å². The molecule has 2 atom stereocenters. The number of anilines is 1. The summed E-state index contributed by atoms with van der Waals surface area (Å²) in [5.74, 6) is -1.30. The number of amides is 2. The van der Waals surface area contributed by atoms with Crippen LogP contribution in [0, 0.1) is 5.92 Å². The number of nitrogens with zero attached hydrogens (tertiary/aromatic N) is 2. The van der Waals surface area contributed by atoms with Crippen molar-refractivity contribution in [2.75, 3.05) is 11.4 Å². The van der Waals surface area contributed by atoms with Crippen LogP contribution in [-0.2, 0) is 25.4 Å². The maximum Gasteiger partial charge on any atom is 0.252 e. The molecule has 198 valence electrons. The molecule has 1 aliphatic heterocycles. The smallest absolute Gasteiger partial charge is 0.252 e. The molecule has 2 amide bonds. The molecule has 7 nitrogen and oxygen atoms in total. The van der Waals surface area contributed by atoms with Crippen molar-refractivity contribution < 1.29 is 18.0 Å². The molecule has 3 aromatic carbocycles. The van der Waals surface area contributed by atoms with E-state index in [1.54, 1.807) is 48.5 Å². The SMILES string of the molecule is CCC(C)[C@@H]1N=C(c2ccccc2)c2cc(Cl)ccc2N(CCC(=O)NS(=O)(=O)Cc2ccccc2)C1=O. The van der Waals surface area contributed by atoms with Crippen molar-refractivity contribution in [3.8, 4) is 0 Å². The fraction of sp³-hybridized carbons (Fsp3) is 0.276. The van der Waals surface area contributed by atoms with Crippen LogP contribution in [-0.4, -0.2) is 38.5 Å². The van der Waals surface area contributed by atoms with Gasteiger partial charge in [-0.2, -0.15) is 0 Å². The Morgan fingerprint density at radius 3 is 2.37 bits per heavy atom. The summed E-state index contributed by atoms with van der Waals surface area (Å²) in [6, 6.07) is 22.8. The molecule has 0 fully saturated rings. The summed E-state index contributed by atoms with van der Waals surface area (Å²) in [4.78, 5) is 33.0. The number of rotatable bonds is 9. The number of benzodiazepines with no additional fused rings is 1. The average molecular weight is 552 g/mol. The van der Waals surface area contributed by atoms with E-state index in [2.05, 4.69) is 4.72 Å². The van der Waals surface area contributed by atoms with Gasteiger partial charge in [0.05, 0.1) is 17.2 Å². The van der Waals surface area contributed by atoms with Crippen molar-refractivity contribution in [1.29, 1.82) is 0 Å². The van der Waals surface area contributed by atoms with Gasteiger partial charge in [-0.3, -0.25) is 19.3 Å². The summed E-state index contributed by atoms with van der Waals surface area (Å²) < 4.78 is 27.2.